The van der Waals surface area contributed by atoms with E-state index in [4.69, 9.17) is 0 Å². The molecule has 0 aliphatic carbocycles. The first kappa shape index (κ1) is 18.4. The number of nitrogens with zero attached hydrogens (tertiary/aromatic N) is 4. The second kappa shape index (κ2) is 8.84. The number of H-pyrrole nitrogens is 1. The van der Waals surface area contributed by atoms with Crippen LogP contribution in [0.25, 0.3) is 0 Å². The van der Waals surface area contributed by atoms with E-state index in [0.717, 1.165) is 41.0 Å². The highest BCUT2D eigenvalue weighted by Gasteiger charge is 2.14. The number of halogens is 1. The fourth-order valence-corrected chi connectivity index (χ4v) is 3.88. The topological polar surface area (TPSA) is 59.4 Å². The van der Waals surface area contributed by atoms with Gasteiger partial charge in [0.2, 0.25) is 0 Å². The molecular formula is C21H20FN5S. The second-order valence-corrected chi connectivity index (χ2v) is 7.38. The number of aromatic nitrogens is 5. The summed E-state index contributed by atoms with van der Waals surface area (Å²) in [6.07, 6.45) is 4.99. The molecule has 0 amide bonds. The molecule has 0 aliphatic heterocycles. The van der Waals surface area contributed by atoms with Crippen LogP contribution < -0.4 is 0 Å². The first-order valence-corrected chi connectivity index (χ1v) is 10.1. The number of imidazole rings is 1. The van der Waals surface area contributed by atoms with Crippen LogP contribution in [-0.2, 0) is 25.1 Å². The van der Waals surface area contributed by atoms with E-state index in [0.29, 0.717) is 6.42 Å². The minimum atomic E-state index is -0.233. The van der Waals surface area contributed by atoms with Crippen molar-refractivity contribution in [2.75, 3.05) is 0 Å². The van der Waals surface area contributed by atoms with E-state index >= 15 is 0 Å². The van der Waals surface area contributed by atoms with E-state index in [9.17, 15) is 4.39 Å². The molecule has 0 unspecified atom stereocenters. The summed E-state index contributed by atoms with van der Waals surface area (Å²) in [7, 11) is 0. The Morgan fingerprint density at radius 2 is 1.79 bits per heavy atom. The Bertz CT molecular complexity index is 997. The monoisotopic (exact) mass is 393 g/mol. The summed E-state index contributed by atoms with van der Waals surface area (Å²) in [6, 6.07) is 16.8. The number of benzene rings is 2. The third kappa shape index (κ3) is 4.67. The maximum Gasteiger partial charge on any atom is 0.191 e. The summed E-state index contributed by atoms with van der Waals surface area (Å²) < 4.78 is 15.3. The van der Waals surface area contributed by atoms with Crippen molar-refractivity contribution < 1.29 is 4.39 Å². The lowest BCUT2D eigenvalue weighted by Crippen LogP contribution is -2.08. The maximum absolute atomic E-state index is 13.2. The van der Waals surface area contributed by atoms with Gasteiger partial charge in [-0.15, -0.1) is 10.2 Å². The molecular weight excluding hydrogens is 373 g/mol. The quantitative estimate of drug-likeness (QED) is 0.454. The summed E-state index contributed by atoms with van der Waals surface area (Å²) in [6.45, 7) is 0.742. The van der Waals surface area contributed by atoms with Crippen molar-refractivity contribution in [2.24, 2.45) is 0 Å². The van der Waals surface area contributed by atoms with Crippen molar-refractivity contribution in [1.82, 2.24) is 24.7 Å². The van der Waals surface area contributed by atoms with Gasteiger partial charge in [-0.1, -0.05) is 54.2 Å². The molecule has 0 atom stereocenters. The van der Waals surface area contributed by atoms with Crippen LogP contribution in [0.15, 0.2) is 72.3 Å². The highest BCUT2D eigenvalue weighted by Crippen LogP contribution is 2.23. The highest BCUT2D eigenvalue weighted by atomic mass is 32.2. The minimum absolute atomic E-state index is 0.233. The van der Waals surface area contributed by atoms with Crippen LogP contribution in [0, 0.1) is 5.82 Å². The van der Waals surface area contributed by atoms with Crippen LogP contribution in [-0.4, -0.2) is 24.7 Å². The van der Waals surface area contributed by atoms with E-state index < -0.39 is 0 Å². The van der Waals surface area contributed by atoms with Gasteiger partial charge in [0.05, 0.1) is 12.0 Å². The third-order valence-electron chi connectivity index (χ3n) is 4.43. The zero-order chi connectivity index (χ0) is 19.2. The Labute approximate surface area is 167 Å². The molecule has 142 valence electrons. The standard InChI is InChI=1S/C21H20FN5S/c22-18-8-6-16(7-9-18)12-20-25-26-21(28-14-17-4-2-1-3-5-17)27(20)11-10-19-13-23-15-24-19/h1-9,13,15H,10-12,14H2,(H,23,24). The summed E-state index contributed by atoms with van der Waals surface area (Å²) in [4.78, 5) is 7.29. The Morgan fingerprint density at radius 1 is 0.964 bits per heavy atom. The number of hydrogen-bond acceptors (Lipinski definition) is 4. The number of aryl methyl sites for hydroxylation is 1. The largest absolute Gasteiger partial charge is 0.351 e. The predicted molar refractivity (Wildman–Crippen MR) is 108 cm³/mol. The molecule has 0 saturated heterocycles. The molecule has 2 aromatic carbocycles. The molecule has 0 aliphatic rings. The van der Waals surface area contributed by atoms with Gasteiger partial charge in [-0.3, -0.25) is 0 Å². The van der Waals surface area contributed by atoms with Gasteiger partial charge in [0.25, 0.3) is 0 Å². The Hall–Kier alpha value is -2.93. The lowest BCUT2D eigenvalue weighted by atomic mass is 10.1. The van der Waals surface area contributed by atoms with Crippen molar-refractivity contribution in [2.45, 2.75) is 30.3 Å². The van der Waals surface area contributed by atoms with E-state index in [1.807, 2.05) is 24.4 Å². The normalized spacial score (nSPS) is 11.0. The van der Waals surface area contributed by atoms with Crippen molar-refractivity contribution in [3.05, 3.63) is 95.6 Å². The highest BCUT2D eigenvalue weighted by molar-refractivity contribution is 7.98. The van der Waals surface area contributed by atoms with Crippen LogP contribution in [0.4, 0.5) is 4.39 Å². The number of hydrogen-bond donors (Lipinski definition) is 1. The second-order valence-electron chi connectivity index (χ2n) is 6.44. The van der Waals surface area contributed by atoms with E-state index in [1.54, 1.807) is 30.2 Å². The zero-order valence-corrected chi connectivity index (χ0v) is 16.1. The summed E-state index contributed by atoms with van der Waals surface area (Å²) in [5.74, 6) is 1.47. The first-order valence-electron chi connectivity index (χ1n) is 9.09. The fourth-order valence-electron chi connectivity index (χ4n) is 2.94. The molecule has 5 nitrogen and oxygen atoms in total. The van der Waals surface area contributed by atoms with Gasteiger partial charge in [0, 0.05) is 31.3 Å². The van der Waals surface area contributed by atoms with E-state index in [-0.39, 0.29) is 5.82 Å². The Morgan fingerprint density at radius 3 is 2.54 bits per heavy atom. The molecule has 0 spiro atoms. The van der Waals surface area contributed by atoms with Crippen molar-refractivity contribution in [1.29, 1.82) is 0 Å². The lowest BCUT2D eigenvalue weighted by Gasteiger charge is -2.10. The lowest BCUT2D eigenvalue weighted by molar-refractivity contribution is 0.603. The molecule has 4 rings (SSSR count). The van der Waals surface area contributed by atoms with Crippen molar-refractivity contribution in [3.63, 3.8) is 0 Å². The summed E-state index contributed by atoms with van der Waals surface area (Å²) in [5.41, 5.74) is 3.25. The van der Waals surface area contributed by atoms with Gasteiger partial charge in [0.1, 0.15) is 11.6 Å². The van der Waals surface area contributed by atoms with Crippen molar-refractivity contribution >= 4 is 11.8 Å². The molecule has 28 heavy (non-hydrogen) atoms. The van der Waals surface area contributed by atoms with Crippen LogP contribution in [0.5, 0.6) is 0 Å². The molecule has 0 fully saturated rings. The molecule has 2 heterocycles. The average Bonchev–Trinajstić information content (AvgIpc) is 3.37. The molecule has 0 saturated carbocycles. The number of nitrogens with one attached hydrogen (secondary N) is 1. The van der Waals surface area contributed by atoms with Gasteiger partial charge in [-0.05, 0) is 23.3 Å². The van der Waals surface area contributed by atoms with Gasteiger partial charge in [-0.2, -0.15) is 0 Å². The van der Waals surface area contributed by atoms with E-state index in [2.05, 4.69) is 36.9 Å². The fraction of sp³-hybridized carbons (Fsp3) is 0.190. The van der Waals surface area contributed by atoms with Crippen LogP contribution in [0.3, 0.4) is 0 Å². The molecule has 2 aromatic heterocycles. The van der Waals surface area contributed by atoms with Gasteiger partial charge in [-0.25, -0.2) is 9.37 Å². The molecule has 1 N–H and O–H groups in total. The number of aromatic amines is 1. The Kier molecular flexibility index (Phi) is 5.82. The predicted octanol–water partition coefficient (Wildman–Crippen LogP) is 4.27. The van der Waals surface area contributed by atoms with Crippen LogP contribution in [0.1, 0.15) is 22.6 Å². The van der Waals surface area contributed by atoms with E-state index in [1.165, 1.54) is 17.7 Å². The average molecular weight is 393 g/mol. The third-order valence-corrected chi connectivity index (χ3v) is 5.46. The zero-order valence-electron chi connectivity index (χ0n) is 15.3. The van der Waals surface area contributed by atoms with Crippen LogP contribution in [0.2, 0.25) is 0 Å². The molecule has 0 radical (unpaired) electrons. The summed E-state index contributed by atoms with van der Waals surface area (Å²) >= 11 is 1.67. The first-order chi connectivity index (χ1) is 13.8. The number of rotatable bonds is 8. The number of thioether (sulfide) groups is 1. The maximum atomic E-state index is 13.2. The van der Waals surface area contributed by atoms with Gasteiger partial charge < -0.3 is 9.55 Å². The van der Waals surface area contributed by atoms with Crippen molar-refractivity contribution in [3.8, 4) is 0 Å². The smallest absolute Gasteiger partial charge is 0.191 e. The SMILES string of the molecule is Fc1ccc(Cc2nnc(SCc3ccccc3)n2CCc2c[nH]cn2)cc1. The minimum Gasteiger partial charge on any atom is -0.351 e. The van der Waals surface area contributed by atoms with Gasteiger partial charge >= 0.3 is 0 Å². The summed E-state index contributed by atoms with van der Waals surface area (Å²) in [5, 5.41) is 9.72. The Balaban J connectivity index is 1.53. The van der Waals surface area contributed by atoms with Crippen LogP contribution >= 0.6 is 11.8 Å². The molecule has 4 aromatic rings. The van der Waals surface area contributed by atoms with Gasteiger partial charge in [0.15, 0.2) is 5.16 Å². The molecule has 7 heteroatoms. The molecule has 0 bridgehead atoms.